The molecule has 0 fully saturated rings. The maximum absolute atomic E-state index is 11.2. The third kappa shape index (κ3) is 10.1. The van der Waals surface area contributed by atoms with E-state index in [1.54, 1.807) is 38.5 Å². The van der Waals surface area contributed by atoms with Crippen LogP contribution < -0.4 is 0 Å². The quantitative estimate of drug-likeness (QED) is 0.212. The van der Waals surface area contributed by atoms with Gasteiger partial charge < -0.3 is 29.9 Å². The van der Waals surface area contributed by atoms with E-state index in [0.29, 0.717) is 35.1 Å². The number of phenols is 4. The molecule has 2 aromatic rings. The number of benzene rings is 2. The summed E-state index contributed by atoms with van der Waals surface area (Å²) in [6, 6.07) is 6.89. The zero-order valence-electron chi connectivity index (χ0n) is 27.0. The molecule has 0 saturated heterocycles. The first-order valence-corrected chi connectivity index (χ1v) is 17.5. The molecule has 0 aromatic heterocycles. The summed E-state index contributed by atoms with van der Waals surface area (Å²) in [6.07, 6.45) is 10.6. The molecule has 0 radical (unpaired) electrons. The minimum atomic E-state index is -0.377. The van der Waals surface area contributed by atoms with E-state index in [1.807, 2.05) is 0 Å². The smallest absolute Gasteiger partial charge is 0.123 e. The van der Waals surface area contributed by atoms with Crippen LogP contribution in [-0.2, 0) is 9.47 Å². The van der Waals surface area contributed by atoms with Gasteiger partial charge in [-0.1, -0.05) is 52.4 Å². The maximum Gasteiger partial charge on any atom is 0.123 e. The Hall–Kier alpha value is -1.86. The molecule has 44 heavy (non-hydrogen) atoms. The molecular formula is C36H54Cl2O6. The number of unbranched alkanes of at least 4 members (excludes halogenated alkanes) is 2. The molecule has 0 spiro atoms. The minimum absolute atomic E-state index is 0.00666. The first kappa shape index (κ1) is 36.6. The third-order valence-electron chi connectivity index (χ3n) is 9.34. The first-order chi connectivity index (χ1) is 21.1. The van der Waals surface area contributed by atoms with Crippen molar-refractivity contribution < 1.29 is 29.9 Å². The van der Waals surface area contributed by atoms with E-state index < -0.39 is 0 Å². The van der Waals surface area contributed by atoms with Crippen molar-refractivity contribution in [2.45, 2.75) is 139 Å². The fourth-order valence-corrected chi connectivity index (χ4v) is 7.50. The van der Waals surface area contributed by atoms with E-state index in [1.165, 1.54) is 0 Å². The van der Waals surface area contributed by atoms with Crippen LogP contribution in [0.15, 0.2) is 24.3 Å². The van der Waals surface area contributed by atoms with Crippen LogP contribution in [0.4, 0.5) is 0 Å². The van der Waals surface area contributed by atoms with Gasteiger partial charge in [-0.15, -0.1) is 23.2 Å². The molecule has 4 aliphatic rings. The Bertz CT molecular complexity index is 1020. The van der Waals surface area contributed by atoms with Gasteiger partial charge >= 0.3 is 0 Å². The van der Waals surface area contributed by atoms with Crippen molar-refractivity contribution in [3.63, 3.8) is 0 Å². The summed E-state index contributed by atoms with van der Waals surface area (Å²) < 4.78 is 11.6. The van der Waals surface area contributed by atoms with Gasteiger partial charge in [-0.3, -0.25) is 0 Å². The summed E-state index contributed by atoms with van der Waals surface area (Å²) in [6.45, 7) is 4.27. The van der Waals surface area contributed by atoms with Crippen molar-refractivity contribution in [1.29, 1.82) is 0 Å². The Morgan fingerprint density at radius 3 is 1.25 bits per heavy atom. The lowest BCUT2D eigenvalue weighted by Gasteiger charge is -2.25. The largest absolute Gasteiger partial charge is 0.508 e. The molecular weight excluding hydrogens is 599 g/mol. The predicted octanol–water partition coefficient (Wildman–Crippen LogP) is 10.5. The van der Waals surface area contributed by atoms with Crippen molar-refractivity contribution in [2.75, 3.05) is 14.2 Å². The van der Waals surface area contributed by atoms with Gasteiger partial charge in [0.15, 0.2) is 0 Å². The van der Waals surface area contributed by atoms with Gasteiger partial charge in [0.1, 0.15) is 23.0 Å². The zero-order chi connectivity index (χ0) is 32.2. The molecule has 248 valence electrons. The van der Waals surface area contributed by atoms with Crippen molar-refractivity contribution in [1.82, 2.24) is 0 Å². The van der Waals surface area contributed by atoms with Crippen molar-refractivity contribution in [2.24, 2.45) is 0 Å². The van der Waals surface area contributed by atoms with Crippen LogP contribution in [0.2, 0.25) is 0 Å². The SMILES string of the molecule is CCCCC1CCCC(Cl)CC(OC)c2cc(O)c(c(O)c2)C(CCCC)CCCC(Cl)CC(OC)c2cc(O)c1c(O)c2. The fraction of sp³-hybridized carbons (Fsp3) is 0.667. The van der Waals surface area contributed by atoms with E-state index >= 15 is 0 Å². The standard InChI is InChI=1S/C36H54Cl2O6/c1-5-7-11-23-13-9-15-27(37)21-34(44-4)26-19-31(41)36(32(42)20-26)24(12-8-6-2)14-10-16-28(38)22-33(43-3)25-17-29(39)35(23)30(40)18-25/h17-20,23-24,27-28,33-34,39-42H,5-16,21-22H2,1-4H3. The van der Waals surface area contributed by atoms with Gasteiger partial charge in [-0.05, 0) is 98.6 Å². The molecule has 6 nitrogen and oxygen atoms in total. The molecule has 2 aromatic carbocycles. The van der Waals surface area contributed by atoms with Gasteiger partial charge in [0, 0.05) is 36.1 Å². The van der Waals surface area contributed by atoms with Gasteiger partial charge in [0.05, 0.1) is 12.2 Å². The Balaban J connectivity index is 1.97. The van der Waals surface area contributed by atoms with Crippen molar-refractivity contribution in [3.8, 4) is 23.0 Å². The summed E-state index contributed by atoms with van der Waals surface area (Å²) in [4.78, 5) is 0. The second kappa shape index (κ2) is 18.3. The van der Waals surface area contributed by atoms with E-state index in [9.17, 15) is 20.4 Å². The molecule has 8 heteroatoms. The lowest BCUT2D eigenvalue weighted by Crippen LogP contribution is -2.12. The monoisotopic (exact) mass is 652 g/mol. The van der Waals surface area contributed by atoms with Crippen molar-refractivity contribution >= 4 is 23.2 Å². The zero-order valence-corrected chi connectivity index (χ0v) is 28.5. The molecule has 0 aliphatic heterocycles. The highest BCUT2D eigenvalue weighted by Gasteiger charge is 2.27. The number of phenolic OH excluding ortho intramolecular Hbond substituents is 4. The van der Waals surface area contributed by atoms with Crippen LogP contribution >= 0.6 is 23.2 Å². The molecule has 4 aliphatic carbocycles. The third-order valence-corrected chi connectivity index (χ3v) is 10.1. The Morgan fingerprint density at radius 2 is 0.955 bits per heavy atom. The number of methoxy groups -OCH3 is 2. The number of aromatic hydroxyl groups is 4. The highest BCUT2D eigenvalue weighted by Crippen LogP contribution is 2.45. The summed E-state index contributed by atoms with van der Waals surface area (Å²) >= 11 is 13.7. The summed E-state index contributed by atoms with van der Waals surface area (Å²) in [7, 11) is 3.24. The summed E-state index contributed by atoms with van der Waals surface area (Å²) in [5.74, 6) is 0.374. The Labute approximate surface area is 274 Å². The van der Waals surface area contributed by atoms with Gasteiger partial charge in [-0.25, -0.2) is 0 Å². The highest BCUT2D eigenvalue weighted by atomic mass is 35.5. The van der Waals surface area contributed by atoms with E-state index in [4.69, 9.17) is 32.7 Å². The van der Waals surface area contributed by atoms with E-state index in [-0.39, 0.29) is 57.8 Å². The van der Waals surface area contributed by atoms with Gasteiger partial charge in [0.25, 0.3) is 0 Å². The van der Waals surface area contributed by atoms with Crippen molar-refractivity contribution in [3.05, 3.63) is 46.5 Å². The van der Waals surface area contributed by atoms with Gasteiger partial charge in [-0.2, -0.15) is 0 Å². The van der Waals surface area contributed by atoms with Crippen LogP contribution in [0, 0.1) is 0 Å². The number of ether oxygens (including phenoxy) is 2. The molecule has 4 bridgehead atoms. The summed E-state index contributed by atoms with van der Waals surface area (Å²) in [5.41, 5.74) is 2.59. The van der Waals surface area contributed by atoms with E-state index in [0.717, 1.165) is 77.0 Å². The number of halogens is 2. The average Bonchev–Trinajstić information content (AvgIpc) is 2.98. The van der Waals surface area contributed by atoms with Crippen LogP contribution in [0.3, 0.4) is 0 Å². The second-order valence-corrected chi connectivity index (χ2v) is 13.8. The van der Waals surface area contributed by atoms with E-state index in [2.05, 4.69) is 13.8 Å². The number of rotatable bonds is 8. The predicted molar refractivity (Wildman–Crippen MR) is 180 cm³/mol. The molecule has 0 amide bonds. The lowest BCUT2D eigenvalue weighted by molar-refractivity contribution is 0.0932. The molecule has 6 rings (SSSR count). The Morgan fingerprint density at radius 1 is 0.614 bits per heavy atom. The number of hydrogen-bond acceptors (Lipinski definition) is 6. The molecule has 6 atom stereocenters. The first-order valence-electron chi connectivity index (χ1n) is 16.6. The lowest BCUT2D eigenvalue weighted by atomic mass is 9.85. The molecule has 0 heterocycles. The molecule has 4 N–H and O–H groups in total. The highest BCUT2D eigenvalue weighted by molar-refractivity contribution is 6.20. The second-order valence-electron chi connectivity index (χ2n) is 12.6. The summed E-state index contributed by atoms with van der Waals surface area (Å²) in [5, 5.41) is 44.3. The minimum Gasteiger partial charge on any atom is -0.508 e. The van der Waals surface area contributed by atoms with Crippen LogP contribution in [0.5, 0.6) is 23.0 Å². The fourth-order valence-electron chi connectivity index (χ4n) is 6.87. The van der Waals surface area contributed by atoms with Gasteiger partial charge in [0.2, 0.25) is 0 Å². The van der Waals surface area contributed by atoms with Crippen LogP contribution in [0.1, 0.15) is 150 Å². The normalized spacial score (nSPS) is 25.9. The average molecular weight is 654 g/mol. The van der Waals surface area contributed by atoms with Crippen LogP contribution in [0.25, 0.3) is 0 Å². The number of alkyl halides is 2. The topological polar surface area (TPSA) is 99.4 Å². The molecule has 6 unspecified atom stereocenters. The van der Waals surface area contributed by atoms with Crippen LogP contribution in [-0.4, -0.2) is 45.4 Å². The molecule has 0 saturated carbocycles. The Kier molecular flexibility index (Phi) is 15.2. The number of hydrogen-bond donors (Lipinski definition) is 4. The maximum atomic E-state index is 11.2.